The van der Waals surface area contributed by atoms with Gasteiger partial charge in [-0.3, -0.25) is 14.5 Å². The Hall–Kier alpha value is -1.18. The van der Waals surface area contributed by atoms with E-state index in [1.54, 1.807) is 0 Å². The van der Waals surface area contributed by atoms with Gasteiger partial charge in [-0.25, -0.2) is 0 Å². The van der Waals surface area contributed by atoms with Crippen molar-refractivity contribution in [2.24, 2.45) is 5.41 Å². The maximum absolute atomic E-state index is 11.6. The zero-order chi connectivity index (χ0) is 29.2. The van der Waals surface area contributed by atoms with Gasteiger partial charge in [-0.1, -0.05) is 74.1 Å². The number of esters is 2. The molecule has 0 radical (unpaired) electrons. The Morgan fingerprint density at radius 2 is 1.24 bits per heavy atom. The molecule has 0 bridgehead atoms. The van der Waals surface area contributed by atoms with Gasteiger partial charge in [-0.2, -0.15) is 0 Å². The number of ether oxygens (including phenoxy) is 3. The van der Waals surface area contributed by atoms with E-state index >= 15 is 0 Å². The molecular weight excluding hydrogens is 470 g/mol. The van der Waals surface area contributed by atoms with E-state index in [1.165, 1.54) is 19.3 Å². The van der Waals surface area contributed by atoms with Gasteiger partial charge in [-0.15, -0.1) is 0 Å². The van der Waals surface area contributed by atoms with E-state index in [1.807, 2.05) is 13.8 Å². The minimum atomic E-state index is -0.135. The summed E-state index contributed by atoms with van der Waals surface area (Å²) in [6.45, 7) is 24.5. The molecule has 0 atom stereocenters. The minimum Gasteiger partial charge on any atom is -0.466 e. The van der Waals surface area contributed by atoms with E-state index in [9.17, 15) is 9.59 Å². The highest BCUT2D eigenvalue weighted by Gasteiger charge is 2.21. The van der Waals surface area contributed by atoms with E-state index in [-0.39, 0.29) is 29.5 Å². The summed E-state index contributed by atoms with van der Waals surface area (Å²) >= 11 is 0. The average Bonchev–Trinajstić information content (AvgIpc) is 2.82. The molecule has 0 saturated heterocycles. The molecule has 0 aliphatic carbocycles. The Kier molecular flexibility index (Phi) is 28.8. The van der Waals surface area contributed by atoms with Crippen molar-refractivity contribution in [2.45, 2.75) is 133 Å². The first-order chi connectivity index (χ1) is 17.4. The van der Waals surface area contributed by atoms with E-state index < -0.39 is 0 Å². The van der Waals surface area contributed by atoms with E-state index in [0.717, 1.165) is 32.2 Å². The lowest BCUT2D eigenvalue weighted by Gasteiger charge is -2.35. The molecule has 1 N–H and O–H groups in total. The highest BCUT2D eigenvalue weighted by atomic mass is 16.5. The fraction of sp³-hybridized carbons (Fsp3) is 0.933. The summed E-state index contributed by atoms with van der Waals surface area (Å²) in [6.07, 6.45) is 8.45. The quantitative estimate of drug-likeness (QED) is 0.153. The molecule has 0 fully saturated rings. The summed E-state index contributed by atoms with van der Waals surface area (Å²) in [7, 11) is 0. The molecule has 0 aliphatic heterocycles. The third-order valence-electron chi connectivity index (χ3n) is 5.38. The molecule has 7 nitrogen and oxygen atoms in total. The SMILES string of the molecule is CC.CCCCCCOC(=O)CCC(C)(C)C.CCCCOC(=O)CCN(CCOCCO)C(C)(C)C. The van der Waals surface area contributed by atoms with Crippen LogP contribution in [0.1, 0.15) is 127 Å². The minimum absolute atomic E-state index is 0.0216. The Morgan fingerprint density at radius 3 is 1.73 bits per heavy atom. The van der Waals surface area contributed by atoms with Gasteiger partial charge < -0.3 is 19.3 Å². The van der Waals surface area contributed by atoms with Gasteiger partial charge in [0.25, 0.3) is 0 Å². The van der Waals surface area contributed by atoms with Crippen LogP contribution in [0.3, 0.4) is 0 Å². The van der Waals surface area contributed by atoms with Crippen LogP contribution >= 0.6 is 0 Å². The Morgan fingerprint density at radius 1 is 0.703 bits per heavy atom. The fourth-order valence-corrected chi connectivity index (χ4v) is 3.02. The van der Waals surface area contributed by atoms with Crippen molar-refractivity contribution < 1.29 is 28.9 Å². The van der Waals surface area contributed by atoms with Crippen LogP contribution in [0.5, 0.6) is 0 Å². The number of hydrogen-bond acceptors (Lipinski definition) is 7. The lowest BCUT2D eigenvalue weighted by atomic mass is 9.91. The molecule has 37 heavy (non-hydrogen) atoms. The van der Waals surface area contributed by atoms with Gasteiger partial charge in [0.1, 0.15) is 0 Å². The topological polar surface area (TPSA) is 85.3 Å². The standard InChI is InChI=1S/C15H31NO4.C13H26O2.C2H6/c1-5-6-11-20-14(18)7-8-16(15(2,3)4)9-12-19-13-10-17;1-5-6-7-8-11-15-12(14)9-10-13(2,3)4;1-2/h17H,5-13H2,1-4H3;5-11H2,1-4H3;1-2H3. The molecule has 0 aromatic heterocycles. The number of rotatable bonds is 18. The van der Waals surface area contributed by atoms with Crippen molar-refractivity contribution in [1.82, 2.24) is 4.90 Å². The highest BCUT2D eigenvalue weighted by molar-refractivity contribution is 5.69. The van der Waals surface area contributed by atoms with Crippen molar-refractivity contribution in [3.63, 3.8) is 0 Å². The van der Waals surface area contributed by atoms with Crippen molar-refractivity contribution in [3.05, 3.63) is 0 Å². The molecule has 0 rings (SSSR count). The number of nitrogens with zero attached hydrogens (tertiary/aromatic N) is 1. The molecule has 0 aromatic carbocycles. The lowest BCUT2D eigenvalue weighted by Crippen LogP contribution is -2.44. The van der Waals surface area contributed by atoms with Crippen LogP contribution in [-0.2, 0) is 23.8 Å². The Labute approximate surface area is 230 Å². The third kappa shape index (κ3) is 32.8. The average molecular weight is 534 g/mol. The zero-order valence-corrected chi connectivity index (χ0v) is 26.2. The Balaban J connectivity index is -0.000000606. The van der Waals surface area contributed by atoms with Gasteiger partial charge in [0.15, 0.2) is 0 Å². The maximum Gasteiger partial charge on any atom is 0.307 e. The predicted molar refractivity (Wildman–Crippen MR) is 155 cm³/mol. The summed E-state index contributed by atoms with van der Waals surface area (Å²) in [5, 5.41) is 8.67. The smallest absolute Gasteiger partial charge is 0.307 e. The monoisotopic (exact) mass is 533 g/mol. The van der Waals surface area contributed by atoms with Crippen LogP contribution < -0.4 is 0 Å². The predicted octanol–water partition coefficient (Wildman–Crippen LogP) is 6.79. The van der Waals surface area contributed by atoms with Gasteiger partial charge >= 0.3 is 11.9 Å². The van der Waals surface area contributed by atoms with E-state index in [4.69, 9.17) is 19.3 Å². The second-order valence-corrected chi connectivity index (χ2v) is 11.2. The number of hydrogen-bond donors (Lipinski definition) is 1. The summed E-state index contributed by atoms with van der Waals surface area (Å²) in [5.74, 6) is -0.176. The summed E-state index contributed by atoms with van der Waals surface area (Å²) in [4.78, 5) is 25.1. The zero-order valence-electron chi connectivity index (χ0n) is 26.2. The van der Waals surface area contributed by atoms with Gasteiger partial charge in [0.05, 0.1) is 39.5 Å². The molecule has 0 aromatic rings. The van der Waals surface area contributed by atoms with Gasteiger partial charge in [-0.05, 0) is 45.4 Å². The molecule has 0 spiro atoms. The number of unbranched alkanes of at least 4 members (excludes halogenated alkanes) is 4. The van der Waals surface area contributed by atoms with Crippen molar-refractivity contribution in [2.75, 3.05) is 46.1 Å². The number of aliphatic hydroxyl groups is 1. The van der Waals surface area contributed by atoms with Crippen LogP contribution in [-0.4, -0.2) is 73.6 Å². The van der Waals surface area contributed by atoms with Crippen molar-refractivity contribution >= 4 is 11.9 Å². The second-order valence-electron chi connectivity index (χ2n) is 11.2. The maximum atomic E-state index is 11.6. The largest absolute Gasteiger partial charge is 0.466 e. The van der Waals surface area contributed by atoms with Gasteiger partial charge in [0.2, 0.25) is 0 Å². The molecule has 0 amide bonds. The van der Waals surface area contributed by atoms with Gasteiger partial charge in [0, 0.05) is 25.0 Å². The number of carbonyl (C=O) groups excluding carboxylic acids is 2. The van der Waals surface area contributed by atoms with Crippen LogP contribution in [0.25, 0.3) is 0 Å². The lowest BCUT2D eigenvalue weighted by molar-refractivity contribution is -0.145. The molecule has 0 unspecified atom stereocenters. The first-order valence-electron chi connectivity index (χ1n) is 14.6. The molecule has 0 saturated carbocycles. The number of aliphatic hydroxyl groups excluding tert-OH is 1. The normalized spacial score (nSPS) is 11.2. The third-order valence-corrected chi connectivity index (χ3v) is 5.38. The molecular formula is C30H63NO6. The summed E-state index contributed by atoms with van der Waals surface area (Å²) in [6, 6.07) is 0. The van der Waals surface area contributed by atoms with Crippen LogP contribution in [0.4, 0.5) is 0 Å². The van der Waals surface area contributed by atoms with Crippen LogP contribution in [0.2, 0.25) is 0 Å². The number of carbonyl (C=O) groups is 2. The van der Waals surface area contributed by atoms with Crippen molar-refractivity contribution in [1.29, 1.82) is 0 Å². The molecule has 0 aliphatic rings. The highest BCUT2D eigenvalue weighted by Crippen LogP contribution is 2.20. The summed E-state index contributed by atoms with van der Waals surface area (Å²) < 4.78 is 15.6. The molecule has 7 heteroatoms. The molecule has 0 heterocycles. The second kappa shape index (κ2) is 26.4. The van der Waals surface area contributed by atoms with E-state index in [0.29, 0.717) is 45.8 Å². The fourth-order valence-electron chi connectivity index (χ4n) is 3.02. The first kappa shape index (κ1) is 40.3. The van der Waals surface area contributed by atoms with E-state index in [2.05, 4.69) is 60.3 Å². The Bertz CT molecular complexity index is 511. The van der Waals surface area contributed by atoms with Crippen LogP contribution in [0.15, 0.2) is 0 Å². The van der Waals surface area contributed by atoms with Crippen LogP contribution in [0, 0.1) is 5.41 Å². The van der Waals surface area contributed by atoms with Crippen molar-refractivity contribution in [3.8, 4) is 0 Å². The first-order valence-corrected chi connectivity index (χ1v) is 14.6. The molecule has 224 valence electrons. The summed E-state index contributed by atoms with van der Waals surface area (Å²) in [5.41, 5.74) is 0.202.